The van der Waals surface area contributed by atoms with Crippen molar-refractivity contribution in [2.24, 2.45) is 5.92 Å². The Morgan fingerprint density at radius 3 is 2.50 bits per heavy atom. The Bertz CT molecular complexity index is 1050. The molecule has 1 aromatic heterocycles. The van der Waals surface area contributed by atoms with Crippen LogP contribution < -0.4 is 10.6 Å². The smallest absolute Gasteiger partial charge is 0.252 e. The first-order valence-corrected chi connectivity index (χ1v) is 11.8. The number of tetrazole rings is 1. The Morgan fingerprint density at radius 1 is 0.969 bits per heavy atom. The van der Waals surface area contributed by atoms with E-state index in [1.807, 2.05) is 48.5 Å². The predicted molar refractivity (Wildman–Crippen MR) is 122 cm³/mol. The van der Waals surface area contributed by atoms with Crippen molar-refractivity contribution >= 4 is 23.6 Å². The highest BCUT2D eigenvalue weighted by molar-refractivity contribution is 7.98. The van der Waals surface area contributed by atoms with E-state index in [9.17, 15) is 9.59 Å². The molecule has 32 heavy (non-hydrogen) atoms. The van der Waals surface area contributed by atoms with Crippen molar-refractivity contribution in [1.29, 1.82) is 0 Å². The third-order valence-corrected chi connectivity index (χ3v) is 6.53. The van der Waals surface area contributed by atoms with E-state index < -0.39 is 0 Å². The van der Waals surface area contributed by atoms with E-state index in [1.54, 1.807) is 10.7 Å². The van der Waals surface area contributed by atoms with Crippen LogP contribution >= 0.6 is 11.8 Å². The minimum atomic E-state index is -0.161. The zero-order valence-electron chi connectivity index (χ0n) is 17.7. The van der Waals surface area contributed by atoms with Gasteiger partial charge >= 0.3 is 0 Å². The summed E-state index contributed by atoms with van der Waals surface area (Å²) in [5.41, 5.74) is 1.48. The highest BCUT2D eigenvalue weighted by Gasteiger charge is 2.22. The molecule has 8 nitrogen and oxygen atoms in total. The first-order valence-electron chi connectivity index (χ1n) is 10.8. The van der Waals surface area contributed by atoms with Gasteiger partial charge in [0.15, 0.2) is 5.82 Å². The molecule has 1 heterocycles. The van der Waals surface area contributed by atoms with Crippen LogP contribution in [-0.2, 0) is 10.5 Å². The second kappa shape index (κ2) is 10.9. The monoisotopic (exact) mass is 450 g/mol. The molecule has 1 saturated carbocycles. The average molecular weight is 451 g/mol. The number of hydrogen-bond acceptors (Lipinski definition) is 6. The average Bonchev–Trinajstić information content (AvgIpc) is 3.53. The predicted octanol–water partition coefficient (Wildman–Crippen LogP) is 2.99. The topological polar surface area (TPSA) is 102 Å². The fourth-order valence-electron chi connectivity index (χ4n) is 3.78. The molecule has 0 bridgehead atoms. The number of carbonyl (C=O) groups is 2. The van der Waals surface area contributed by atoms with Crippen molar-refractivity contribution in [2.75, 3.05) is 13.1 Å². The maximum atomic E-state index is 12.7. The van der Waals surface area contributed by atoms with Gasteiger partial charge in [-0.25, -0.2) is 0 Å². The molecule has 1 aliphatic carbocycles. The van der Waals surface area contributed by atoms with E-state index in [-0.39, 0.29) is 17.7 Å². The van der Waals surface area contributed by atoms with Crippen molar-refractivity contribution in [2.45, 2.75) is 36.3 Å². The maximum Gasteiger partial charge on any atom is 0.252 e. The molecule has 0 spiro atoms. The molecule has 0 atom stereocenters. The number of hydrogen-bond donors (Lipinski definition) is 2. The Labute approximate surface area is 191 Å². The van der Waals surface area contributed by atoms with E-state index in [4.69, 9.17) is 0 Å². The minimum Gasteiger partial charge on any atom is -0.354 e. The first-order chi connectivity index (χ1) is 15.7. The summed E-state index contributed by atoms with van der Waals surface area (Å²) in [6.45, 7) is 0.824. The summed E-state index contributed by atoms with van der Waals surface area (Å²) in [4.78, 5) is 25.7. The summed E-state index contributed by atoms with van der Waals surface area (Å²) in [7, 11) is 0. The van der Waals surface area contributed by atoms with Crippen molar-refractivity contribution < 1.29 is 9.59 Å². The molecule has 0 radical (unpaired) electrons. The largest absolute Gasteiger partial charge is 0.354 e. The number of para-hydroxylation sites is 1. The second-order valence-corrected chi connectivity index (χ2v) is 8.67. The summed E-state index contributed by atoms with van der Waals surface area (Å²) in [6, 6.07) is 17.2. The molecule has 9 heteroatoms. The fraction of sp³-hybridized carbons (Fsp3) is 0.348. The summed E-state index contributed by atoms with van der Waals surface area (Å²) in [5.74, 6) is 1.29. The number of benzene rings is 2. The summed E-state index contributed by atoms with van der Waals surface area (Å²) < 4.78 is 1.70. The highest BCUT2D eigenvalue weighted by Crippen LogP contribution is 2.26. The molecule has 2 amide bonds. The van der Waals surface area contributed by atoms with Crippen LogP contribution in [0.2, 0.25) is 0 Å². The number of thioether (sulfide) groups is 1. The summed E-state index contributed by atoms with van der Waals surface area (Å²) in [6.07, 6.45) is 4.19. The van der Waals surface area contributed by atoms with Crippen molar-refractivity contribution in [3.63, 3.8) is 0 Å². The van der Waals surface area contributed by atoms with E-state index in [1.165, 1.54) is 11.8 Å². The Balaban J connectivity index is 1.31. The van der Waals surface area contributed by atoms with E-state index in [0.29, 0.717) is 30.2 Å². The van der Waals surface area contributed by atoms with E-state index >= 15 is 0 Å². The molecule has 3 aromatic rings. The number of aromatic nitrogens is 4. The maximum absolute atomic E-state index is 12.7. The highest BCUT2D eigenvalue weighted by atomic mass is 32.2. The Morgan fingerprint density at radius 2 is 1.69 bits per heavy atom. The van der Waals surface area contributed by atoms with Gasteiger partial charge in [0.2, 0.25) is 5.91 Å². The van der Waals surface area contributed by atoms with Crippen LogP contribution in [0, 0.1) is 5.92 Å². The molecular formula is C23H26N6O2S. The molecule has 0 saturated heterocycles. The molecule has 0 aliphatic heterocycles. The van der Waals surface area contributed by atoms with Crippen LogP contribution in [-0.4, -0.2) is 45.1 Å². The van der Waals surface area contributed by atoms with Crippen LogP contribution in [0.5, 0.6) is 0 Å². The Kier molecular flexibility index (Phi) is 7.50. The Hall–Kier alpha value is -3.20. The third kappa shape index (κ3) is 5.53. The lowest BCUT2D eigenvalue weighted by Crippen LogP contribution is -2.37. The molecule has 1 fully saturated rings. The molecule has 4 rings (SSSR count). The van der Waals surface area contributed by atoms with E-state index in [2.05, 4.69) is 26.2 Å². The van der Waals surface area contributed by atoms with Gasteiger partial charge < -0.3 is 10.6 Å². The summed E-state index contributed by atoms with van der Waals surface area (Å²) in [5, 5.41) is 17.8. The molecule has 2 aromatic carbocycles. The van der Waals surface area contributed by atoms with Crippen LogP contribution in [0.3, 0.4) is 0 Å². The van der Waals surface area contributed by atoms with Gasteiger partial charge in [-0.05, 0) is 47.5 Å². The zero-order valence-corrected chi connectivity index (χ0v) is 18.6. The minimum absolute atomic E-state index is 0.101. The van der Waals surface area contributed by atoms with Gasteiger partial charge in [0.05, 0.1) is 17.0 Å². The normalized spacial score (nSPS) is 13.8. The molecule has 2 N–H and O–H groups in total. The first kappa shape index (κ1) is 22.0. The molecule has 1 aliphatic rings. The summed E-state index contributed by atoms with van der Waals surface area (Å²) >= 11 is 1.51. The number of amides is 2. The van der Waals surface area contributed by atoms with Gasteiger partial charge in [-0.1, -0.05) is 43.2 Å². The fourth-order valence-corrected chi connectivity index (χ4v) is 4.73. The van der Waals surface area contributed by atoms with Gasteiger partial charge in [-0.3, -0.25) is 9.59 Å². The quantitative estimate of drug-likeness (QED) is 0.384. The third-order valence-electron chi connectivity index (χ3n) is 5.46. The number of rotatable bonds is 9. The van der Waals surface area contributed by atoms with Crippen molar-refractivity contribution in [3.05, 3.63) is 66.0 Å². The number of carbonyl (C=O) groups excluding carboxylic acids is 2. The van der Waals surface area contributed by atoms with E-state index in [0.717, 1.165) is 36.3 Å². The van der Waals surface area contributed by atoms with Crippen LogP contribution in [0.4, 0.5) is 0 Å². The van der Waals surface area contributed by atoms with Gasteiger partial charge in [0, 0.05) is 23.9 Å². The molecule has 0 unspecified atom stereocenters. The van der Waals surface area contributed by atoms with Gasteiger partial charge in [0.25, 0.3) is 5.91 Å². The van der Waals surface area contributed by atoms with Crippen LogP contribution in [0.15, 0.2) is 59.5 Å². The van der Waals surface area contributed by atoms with Gasteiger partial charge in [0.1, 0.15) is 0 Å². The van der Waals surface area contributed by atoms with Crippen molar-refractivity contribution in [3.8, 4) is 5.69 Å². The molecule has 166 valence electrons. The SMILES string of the molecule is O=C(NCCNC(=O)C1CCCC1)c1ccccc1SCc1nnnn1-c1ccccc1. The second-order valence-electron chi connectivity index (χ2n) is 7.66. The lowest BCUT2D eigenvalue weighted by Gasteiger charge is -2.12. The van der Waals surface area contributed by atoms with Crippen molar-refractivity contribution in [1.82, 2.24) is 30.8 Å². The lowest BCUT2D eigenvalue weighted by molar-refractivity contribution is -0.124. The standard InChI is InChI=1S/C23H26N6O2S/c30-22(17-8-4-5-9-17)24-14-15-25-23(31)19-12-6-7-13-20(19)32-16-21-26-27-28-29(21)18-10-2-1-3-11-18/h1-3,6-7,10-13,17H,4-5,8-9,14-16H2,(H,24,30)(H,25,31). The molecular weight excluding hydrogens is 424 g/mol. The number of nitrogens with zero attached hydrogens (tertiary/aromatic N) is 4. The van der Waals surface area contributed by atoms with Gasteiger partial charge in [-0.15, -0.1) is 16.9 Å². The van der Waals surface area contributed by atoms with Gasteiger partial charge in [-0.2, -0.15) is 4.68 Å². The van der Waals surface area contributed by atoms with Crippen LogP contribution in [0.25, 0.3) is 5.69 Å². The lowest BCUT2D eigenvalue weighted by atomic mass is 10.1. The zero-order chi connectivity index (χ0) is 22.2. The van der Waals surface area contributed by atoms with Crippen LogP contribution in [0.1, 0.15) is 41.9 Å². The number of nitrogens with one attached hydrogen (secondary N) is 2.